The van der Waals surface area contributed by atoms with Gasteiger partial charge in [-0.15, -0.1) is 0 Å². The van der Waals surface area contributed by atoms with Crippen molar-refractivity contribution in [2.45, 2.75) is 38.4 Å². The van der Waals surface area contributed by atoms with Gasteiger partial charge in [-0.3, -0.25) is 9.80 Å². The Labute approximate surface area is 113 Å². The SMILES string of the molecule is C[C@H]1CN2CCC[C@@H]2CN1Cc1ccc(F)cc1F. The van der Waals surface area contributed by atoms with Crippen LogP contribution >= 0.6 is 0 Å². The molecule has 0 unspecified atom stereocenters. The second-order valence-corrected chi connectivity index (χ2v) is 5.81. The Morgan fingerprint density at radius 3 is 2.89 bits per heavy atom. The van der Waals surface area contributed by atoms with Crippen molar-refractivity contribution in [2.24, 2.45) is 0 Å². The summed E-state index contributed by atoms with van der Waals surface area (Å²) in [5, 5.41) is 0. The van der Waals surface area contributed by atoms with Gasteiger partial charge in [0.15, 0.2) is 0 Å². The van der Waals surface area contributed by atoms with E-state index >= 15 is 0 Å². The minimum Gasteiger partial charge on any atom is -0.298 e. The van der Waals surface area contributed by atoms with Crippen molar-refractivity contribution in [2.75, 3.05) is 19.6 Å². The maximum atomic E-state index is 13.7. The van der Waals surface area contributed by atoms with E-state index in [1.54, 1.807) is 6.07 Å². The summed E-state index contributed by atoms with van der Waals surface area (Å²) >= 11 is 0. The first-order valence-corrected chi connectivity index (χ1v) is 7.05. The van der Waals surface area contributed by atoms with E-state index in [9.17, 15) is 8.78 Å². The molecule has 0 spiro atoms. The molecule has 0 aromatic heterocycles. The van der Waals surface area contributed by atoms with Gasteiger partial charge in [0.2, 0.25) is 0 Å². The van der Waals surface area contributed by atoms with Crippen molar-refractivity contribution in [3.63, 3.8) is 0 Å². The molecule has 0 bridgehead atoms. The van der Waals surface area contributed by atoms with E-state index in [1.807, 2.05) is 0 Å². The van der Waals surface area contributed by atoms with E-state index in [4.69, 9.17) is 0 Å². The van der Waals surface area contributed by atoms with Gasteiger partial charge >= 0.3 is 0 Å². The third-order valence-corrected chi connectivity index (χ3v) is 4.45. The van der Waals surface area contributed by atoms with Crippen LogP contribution in [-0.2, 0) is 6.54 Å². The normalized spacial score (nSPS) is 28.6. The van der Waals surface area contributed by atoms with Crippen LogP contribution in [0, 0.1) is 11.6 Å². The highest BCUT2D eigenvalue weighted by atomic mass is 19.1. The largest absolute Gasteiger partial charge is 0.298 e. The average molecular weight is 266 g/mol. The Morgan fingerprint density at radius 1 is 1.26 bits per heavy atom. The standard InChI is InChI=1S/C15H20F2N2/c1-11-8-18-6-2-3-14(18)10-19(11)9-12-4-5-13(16)7-15(12)17/h4-5,7,11,14H,2-3,6,8-10H2,1H3/t11-,14+/m0/s1. The quantitative estimate of drug-likeness (QED) is 0.812. The fourth-order valence-corrected chi connectivity index (χ4v) is 3.34. The van der Waals surface area contributed by atoms with Gasteiger partial charge in [0.1, 0.15) is 11.6 Å². The van der Waals surface area contributed by atoms with Gasteiger partial charge in [-0.2, -0.15) is 0 Å². The van der Waals surface area contributed by atoms with Crippen LogP contribution in [0.5, 0.6) is 0 Å². The minimum atomic E-state index is -0.505. The zero-order valence-corrected chi connectivity index (χ0v) is 11.3. The van der Waals surface area contributed by atoms with Crippen molar-refractivity contribution in [1.82, 2.24) is 9.80 Å². The third kappa shape index (κ3) is 2.65. The van der Waals surface area contributed by atoms with E-state index in [1.165, 1.54) is 25.5 Å². The Balaban J connectivity index is 1.71. The highest BCUT2D eigenvalue weighted by Crippen LogP contribution is 2.26. The second-order valence-electron chi connectivity index (χ2n) is 5.81. The molecule has 1 aromatic rings. The van der Waals surface area contributed by atoms with Crippen LogP contribution in [0.2, 0.25) is 0 Å². The molecule has 4 heteroatoms. The van der Waals surface area contributed by atoms with Gasteiger partial charge in [-0.1, -0.05) is 6.07 Å². The summed E-state index contributed by atoms with van der Waals surface area (Å²) < 4.78 is 26.6. The lowest BCUT2D eigenvalue weighted by Gasteiger charge is -2.42. The van der Waals surface area contributed by atoms with Crippen LogP contribution in [-0.4, -0.2) is 41.5 Å². The fourth-order valence-electron chi connectivity index (χ4n) is 3.34. The number of nitrogens with zero attached hydrogens (tertiary/aromatic N) is 2. The summed E-state index contributed by atoms with van der Waals surface area (Å²) in [4.78, 5) is 4.87. The van der Waals surface area contributed by atoms with Gasteiger partial charge in [0.05, 0.1) is 0 Å². The van der Waals surface area contributed by atoms with Crippen LogP contribution < -0.4 is 0 Å². The third-order valence-electron chi connectivity index (χ3n) is 4.45. The van der Waals surface area contributed by atoms with Crippen molar-refractivity contribution in [3.8, 4) is 0 Å². The van der Waals surface area contributed by atoms with Crippen molar-refractivity contribution >= 4 is 0 Å². The molecule has 0 radical (unpaired) electrons. The van der Waals surface area contributed by atoms with Crippen LogP contribution in [0.3, 0.4) is 0 Å². The average Bonchev–Trinajstić information content (AvgIpc) is 2.80. The van der Waals surface area contributed by atoms with Gasteiger partial charge < -0.3 is 0 Å². The first kappa shape index (κ1) is 13.0. The van der Waals surface area contributed by atoms with Crippen molar-refractivity contribution < 1.29 is 8.78 Å². The summed E-state index contributed by atoms with van der Waals surface area (Å²) in [6.07, 6.45) is 2.52. The number of hydrogen-bond donors (Lipinski definition) is 0. The van der Waals surface area contributed by atoms with Crippen LogP contribution in [0.1, 0.15) is 25.3 Å². The Bertz CT molecular complexity index is 463. The van der Waals surface area contributed by atoms with Crippen LogP contribution in [0.25, 0.3) is 0 Å². The van der Waals surface area contributed by atoms with Crippen LogP contribution in [0.4, 0.5) is 8.78 Å². The Hall–Kier alpha value is -1.00. The maximum Gasteiger partial charge on any atom is 0.130 e. The minimum absolute atomic E-state index is 0.429. The number of fused-ring (bicyclic) bond motifs is 1. The molecule has 2 aliphatic heterocycles. The summed E-state index contributed by atoms with van der Waals surface area (Å²) in [6, 6.07) is 4.94. The number of piperazine rings is 1. The summed E-state index contributed by atoms with van der Waals surface area (Å²) in [7, 11) is 0. The molecule has 2 fully saturated rings. The number of halogens is 2. The molecule has 2 saturated heterocycles. The second kappa shape index (κ2) is 5.17. The molecule has 19 heavy (non-hydrogen) atoms. The molecule has 2 aliphatic rings. The molecule has 0 aliphatic carbocycles. The molecule has 0 amide bonds. The summed E-state index contributed by atoms with van der Waals surface area (Å²) in [6.45, 7) is 6.03. The van der Waals surface area contributed by atoms with Gasteiger partial charge in [0.25, 0.3) is 0 Å². The number of rotatable bonds is 2. The molecule has 104 valence electrons. The highest BCUT2D eigenvalue weighted by molar-refractivity contribution is 5.18. The lowest BCUT2D eigenvalue weighted by Crippen LogP contribution is -2.54. The molecule has 2 nitrogen and oxygen atoms in total. The topological polar surface area (TPSA) is 6.48 Å². The fraction of sp³-hybridized carbons (Fsp3) is 0.600. The molecule has 1 aromatic carbocycles. The molecule has 2 heterocycles. The van der Waals surface area contributed by atoms with Crippen molar-refractivity contribution in [1.29, 1.82) is 0 Å². The van der Waals surface area contributed by atoms with Crippen LogP contribution in [0.15, 0.2) is 18.2 Å². The Morgan fingerprint density at radius 2 is 2.11 bits per heavy atom. The number of benzene rings is 1. The Kier molecular flexibility index (Phi) is 3.54. The maximum absolute atomic E-state index is 13.7. The zero-order chi connectivity index (χ0) is 13.4. The van der Waals surface area contributed by atoms with E-state index in [0.717, 1.165) is 19.2 Å². The predicted molar refractivity (Wildman–Crippen MR) is 70.8 cm³/mol. The zero-order valence-electron chi connectivity index (χ0n) is 11.3. The first-order chi connectivity index (χ1) is 9.13. The van der Waals surface area contributed by atoms with Gasteiger partial charge in [0, 0.05) is 43.3 Å². The molecule has 2 atom stereocenters. The smallest absolute Gasteiger partial charge is 0.130 e. The van der Waals surface area contributed by atoms with E-state index in [-0.39, 0.29) is 0 Å². The van der Waals surface area contributed by atoms with E-state index in [0.29, 0.717) is 24.2 Å². The highest BCUT2D eigenvalue weighted by Gasteiger charge is 2.34. The van der Waals surface area contributed by atoms with E-state index < -0.39 is 11.6 Å². The van der Waals surface area contributed by atoms with E-state index in [2.05, 4.69) is 16.7 Å². The van der Waals surface area contributed by atoms with Gasteiger partial charge in [-0.25, -0.2) is 8.78 Å². The molecular weight excluding hydrogens is 246 g/mol. The molecule has 0 N–H and O–H groups in total. The van der Waals surface area contributed by atoms with Crippen molar-refractivity contribution in [3.05, 3.63) is 35.4 Å². The predicted octanol–water partition coefficient (Wildman–Crippen LogP) is 2.63. The summed E-state index contributed by atoms with van der Waals surface area (Å²) in [5.74, 6) is -0.934. The monoisotopic (exact) mass is 266 g/mol. The number of hydrogen-bond acceptors (Lipinski definition) is 2. The lowest BCUT2D eigenvalue weighted by atomic mass is 10.1. The molecular formula is C15H20F2N2. The first-order valence-electron chi connectivity index (χ1n) is 7.05. The molecule has 0 saturated carbocycles. The molecule has 3 rings (SSSR count). The van der Waals surface area contributed by atoms with Gasteiger partial charge in [-0.05, 0) is 32.4 Å². The lowest BCUT2D eigenvalue weighted by molar-refractivity contribution is 0.0533. The summed E-state index contributed by atoms with van der Waals surface area (Å²) in [5.41, 5.74) is 0.597.